The van der Waals surface area contributed by atoms with Gasteiger partial charge in [0, 0.05) is 13.8 Å². The molecule has 0 atom stereocenters. The molecule has 0 aromatic heterocycles. The molecule has 1 rings (SSSR count). The van der Waals surface area contributed by atoms with Crippen LogP contribution in [0.5, 0.6) is 0 Å². The summed E-state index contributed by atoms with van der Waals surface area (Å²) in [6, 6.07) is 0. The van der Waals surface area contributed by atoms with Gasteiger partial charge in [0.25, 0.3) is 0 Å². The number of quaternary nitrogens is 2. The van der Waals surface area contributed by atoms with Crippen LogP contribution in [0.4, 0.5) is 0 Å². The summed E-state index contributed by atoms with van der Waals surface area (Å²) < 4.78 is 2.28. The smallest absolute Gasteiger partial charge is 0.227 e. The topological polar surface area (TPSA) is 0 Å². The Kier molecular flexibility index (Phi) is 1.25. The zero-order valence-electron chi connectivity index (χ0n) is 8.10. The lowest BCUT2D eigenvalue weighted by atomic mass is 10.0. The third-order valence-corrected chi connectivity index (χ3v) is 3.67. The molecule has 2 heteroatoms. The summed E-state index contributed by atoms with van der Waals surface area (Å²) in [7, 11) is 9.18. The molecular formula is C8H20N2+2. The van der Waals surface area contributed by atoms with Crippen LogP contribution < -0.4 is 0 Å². The Morgan fingerprint density at radius 3 is 1.20 bits per heavy atom. The highest BCUT2D eigenvalue weighted by Crippen LogP contribution is 2.39. The van der Waals surface area contributed by atoms with Crippen molar-refractivity contribution in [3.05, 3.63) is 0 Å². The molecule has 0 saturated carbocycles. The van der Waals surface area contributed by atoms with Crippen LogP contribution in [0.25, 0.3) is 0 Å². The lowest BCUT2D eigenvalue weighted by Crippen LogP contribution is -2.85. The molecular weight excluding hydrogens is 124 g/mol. The van der Waals surface area contributed by atoms with Gasteiger partial charge in [-0.05, 0) is 0 Å². The van der Waals surface area contributed by atoms with E-state index in [0.717, 1.165) is 8.97 Å². The summed E-state index contributed by atoms with van der Waals surface area (Å²) in [6.45, 7) is 5.90. The Balaban J connectivity index is 2.85. The minimum Gasteiger partial charge on any atom is -0.232 e. The Morgan fingerprint density at radius 2 is 1.20 bits per heavy atom. The van der Waals surface area contributed by atoms with E-state index in [2.05, 4.69) is 42.0 Å². The van der Waals surface area contributed by atoms with E-state index in [0.29, 0.717) is 5.66 Å². The Hall–Kier alpha value is -0.0800. The quantitative estimate of drug-likeness (QED) is 0.442. The summed E-state index contributed by atoms with van der Waals surface area (Å²) in [5.74, 6) is 0. The molecule has 1 heterocycles. The average Bonchev–Trinajstić information content (AvgIpc) is 1.61. The Bertz CT molecular complexity index is 141. The number of hydrogen-bond donors (Lipinski definition) is 0. The van der Waals surface area contributed by atoms with E-state index in [1.807, 2.05) is 0 Å². The van der Waals surface area contributed by atoms with Crippen molar-refractivity contribution in [3.8, 4) is 0 Å². The molecule has 1 saturated heterocycles. The summed E-state index contributed by atoms with van der Waals surface area (Å²) in [5, 5.41) is 0. The van der Waals surface area contributed by atoms with Crippen molar-refractivity contribution in [2.75, 3.05) is 34.9 Å². The molecule has 10 heavy (non-hydrogen) atoms. The van der Waals surface area contributed by atoms with Crippen LogP contribution in [0.15, 0.2) is 0 Å². The molecule has 0 amide bonds. The predicted octanol–water partition coefficient (Wildman–Crippen LogP) is 0.846. The van der Waals surface area contributed by atoms with E-state index >= 15 is 0 Å². The van der Waals surface area contributed by atoms with Crippen LogP contribution in [-0.4, -0.2) is 49.5 Å². The van der Waals surface area contributed by atoms with Crippen molar-refractivity contribution in [2.24, 2.45) is 0 Å². The van der Waals surface area contributed by atoms with E-state index in [4.69, 9.17) is 0 Å². The zero-order chi connectivity index (χ0) is 8.21. The van der Waals surface area contributed by atoms with Gasteiger partial charge in [-0.1, -0.05) is 0 Å². The maximum Gasteiger partial charge on any atom is 0.227 e. The second kappa shape index (κ2) is 1.56. The number of hydrogen-bond acceptors (Lipinski definition) is 0. The van der Waals surface area contributed by atoms with E-state index < -0.39 is 0 Å². The summed E-state index contributed by atoms with van der Waals surface area (Å²) >= 11 is 0. The van der Waals surface area contributed by atoms with E-state index in [-0.39, 0.29) is 0 Å². The van der Waals surface area contributed by atoms with Gasteiger partial charge in [0.05, 0.1) is 28.2 Å². The van der Waals surface area contributed by atoms with Crippen molar-refractivity contribution in [1.29, 1.82) is 0 Å². The minimum absolute atomic E-state index is 0.389. The summed E-state index contributed by atoms with van der Waals surface area (Å²) in [6.07, 6.45) is 0. The summed E-state index contributed by atoms with van der Waals surface area (Å²) in [4.78, 5) is 0. The highest BCUT2D eigenvalue weighted by molar-refractivity contribution is 4.61. The average molecular weight is 144 g/mol. The fourth-order valence-corrected chi connectivity index (χ4v) is 1.88. The van der Waals surface area contributed by atoms with Gasteiger partial charge in [0.15, 0.2) is 0 Å². The molecule has 60 valence electrons. The second-order valence-electron chi connectivity index (χ2n) is 5.01. The number of rotatable bonds is 0. The van der Waals surface area contributed by atoms with Gasteiger partial charge in [-0.15, -0.1) is 0 Å². The van der Waals surface area contributed by atoms with Gasteiger partial charge in [0.1, 0.15) is 0 Å². The first kappa shape index (κ1) is 8.02. The third-order valence-electron chi connectivity index (χ3n) is 3.67. The normalized spacial score (nSPS) is 33.0. The maximum absolute atomic E-state index is 2.33. The largest absolute Gasteiger partial charge is 0.232 e. The van der Waals surface area contributed by atoms with Crippen LogP contribution in [-0.2, 0) is 0 Å². The van der Waals surface area contributed by atoms with Crippen LogP contribution in [0.1, 0.15) is 13.8 Å². The van der Waals surface area contributed by atoms with E-state index in [1.54, 1.807) is 0 Å². The van der Waals surface area contributed by atoms with Crippen LogP contribution in [0.3, 0.4) is 0 Å². The molecule has 0 radical (unpaired) electrons. The monoisotopic (exact) mass is 144 g/mol. The lowest BCUT2D eigenvalue weighted by Gasteiger charge is -2.62. The van der Waals surface area contributed by atoms with Gasteiger partial charge in [0.2, 0.25) is 12.3 Å². The first-order valence-corrected chi connectivity index (χ1v) is 3.87. The van der Waals surface area contributed by atoms with Crippen molar-refractivity contribution < 1.29 is 8.97 Å². The first-order chi connectivity index (χ1) is 4.21. The van der Waals surface area contributed by atoms with Gasteiger partial charge in [-0.2, -0.15) is 0 Å². The van der Waals surface area contributed by atoms with Crippen molar-refractivity contribution in [3.63, 3.8) is 0 Å². The molecule has 0 bridgehead atoms. The van der Waals surface area contributed by atoms with E-state index in [9.17, 15) is 0 Å². The molecule has 0 aliphatic carbocycles. The highest BCUT2D eigenvalue weighted by atomic mass is 15.7. The van der Waals surface area contributed by atoms with Crippen LogP contribution in [0, 0.1) is 0 Å². The minimum atomic E-state index is 0.389. The highest BCUT2D eigenvalue weighted by Gasteiger charge is 2.63. The Morgan fingerprint density at radius 1 is 0.900 bits per heavy atom. The lowest BCUT2D eigenvalue weighted by molar-refractivity contribution is -1.30. The molecule has 0 spiro atoms. The molecule has 2 nitrogen and oxygen atoms in total. The molecule has 0 N–H and O–H groups in total. The zero-order valence-corrected chi connectivity index (χ0v) is 8.10. The van der Waals surface area contributed by atoms with Gasteiger partial charge < -0.3 is 0 Å². The van der Waals surface area contributed by atoms with Gasteiger partial charge >= 0.3 is 0 Å². The molecule has 1 aliphatic rings. The number of nitrogens with zero attached hydrogens (tertiary/aromatic N) is 2. The van der Waals surface area contributed by atoms with Crippen LogP contribution >= 0.6 is 0 Å². The predicted molar refractivity (Wildman–Crippen MR) is 43.2 cm³/mol. The molecule has 0 aromatic rings. The Labute approximate surface area is 64.2 Å². The third kappa shape index (κ3) is 0.663. The second-order valence-corrected chi connectivity index (χ2v) is 5.01. The molecule has 0 unspecified atom stereocenters. The molecule has 1 fully saturated rings. The van der Waals surface area contributed by atoms with Gasteiger partial charge in [-0.3, -0.25) is 0 Å². The van der Waals surface area contributed by atoms with Crippen molar-refractivity contribution in [2.45, 2.75) is 19.5 Å². The fourth-order valence-electron chi connectivity index (χ4n) is 1.88. The van der Waals surface area contributed by atoms with Crippen LogP contribution in [0.2, 0.25) is 0 Å². The SMILES string of the molecule is CC1(C)[N+](C)(C)C[N+]1(C)C. The molecule has 1 aliphatic heterocycles. The van der Waals surface area contributed by atoms with Crippen molar-refractivity contribution in [1.82, 2.24) is 0 Å². The fraction of sp³-hybridized carbons (Fsp3) is 1.00. The maximum atomic E-state index is 2.33. The summed E-state index contributed by atoms with van der Waals surface area (Å²) in [5.41, 5.74) is 0.389. The standard InChI is InChI=1S/C8H20N2/c1-8(2)9(3,4)7-10(8,5)6/h7H2,1-6H3/q+2. The van der Waals surface area contributed by atoms with Crippen molar-refractivity contribution >= 4 is 0 Å². The van der Waals surface area contributed by atoms with Gasteiger partial charge in [-0.25, -0.2) is 8.97 Å². The first-order valence-electron chi connectivity index (χ1n) is 3.87. The molecule has 0 aromatic carbocycles. The van der Waals surface area contributed by atoms with E-state index in [1.165, 1.54) is 6.67 Å².